The Kier molecular flexibility index (Phi) is 5.53. The maximum absolute atomic E-state index is 12.4. The molecule has 3 aromatic rings. The van der Waals surface area contributed by atoms with E-state index in [-0.39, 0.29) is 24.6 Å². The second-order valence-corrected chi connectivity index (χ2v) is 6.12. The van der Waals surface area contributed by atoms with Gasteiger partial charge in [-0.15, -0.1) is 0 Å². The van der Waals surface area contributed by atoms with Crippen LogP contribution in [0, 0.1) is 0 Å². The number of likely N-dealkylation sites (N-methyl/N-ethyl adjacent to an activating group) is 1. The monoisotopic (exact) mass is 371 g/mol. The van der Waals surface area contributed by atoms with E-state index < -0.39 is 0 Å². The number of carbonyl (C=O) groups excluding carboxylic acids is 1. The summed E-state index contributed by atoms with van der Waals surface area (Å²) in [6, 6.07) is 14.0. The first-order valence-electron chi connectivity index (χ1n) is 8.21. The minimum Gasteiger partial charge on any atom is -0.484 e. The molecule has 26 heavy (non-hydrogen) atoms. The molecule has 134 valence electrons. The number of aromatic nitrogens is 2. The molecule has 0 atom stereocenters. The van der Waals surface area contributed by atoms with Gasteiger partial charge in [0.15, 0.2) is 6.61 Å². The van der Waals surface area contributed by atoms with Crippen molar-refractivity contribution < 1.29 is 9.53 Å². The lowest BCUT2D eigenvalue weighted by Crippen LogP contribution is -2.35. The number of hydrogen-bond acceptors (Lipinski definition) is 4. The number of ether oxygens (including phenoxy) is 1. The third kappa shape index (κ3) is 4.21. The predicted molar refractivity (Wildman–Crippen MR) is 100 cm³/mol. The van der Waals surface area contributed by atoms with Crippen LogP contribution in [0.25, 0.3) is 10.9 Å². The van der Waals surface area contributed by atoms with E-state index in [0.717, 1.165) is 0 Å². The Labute approximate surface area is 155 Å². The van der Waals surface area contributed by atoms with Gasteiger partial charge in [-0.1, -0.05) is 29.8 Å². The fourth-order valence-electron chi connectivity index (χ4n) is 2.55. The molecule has 0 spiro atoms. The van der Waals surface area contributed by atoms with Crippen LogP contribution >= 0.6 is 11.6 Å². The number of carbonyl (C=O) groups is 1. The Bertz CT molecular complexity index is 973. The fourth-order valence-corrected chi connectivity index (χ4v) is 2.71. The van der Waals surface area contributed by atoms with Crippen LogP contribution in [0.2, 0.25) is 5.02 Å². The van der Waals surface area contributed by atoms with E-state index in [1.807, 2.05) is 25.1 Å². The summed E-state index contributed by atoms with van der Waals surface area (Å²) in [7, 11) is 0. The maximum Gasteiger partial charge on any atom is 0.260 e. The van der Waals surface area contributed by atoms with Crippen molar-refractivity contribution in [3.8, 4) is 5.75 Å². The highest BCUT2D eigenvalue weighted by molar-refractivity contribution is 6.31. The molecule has 2 aromatic carbocycles. The maximum atomic E-state index is 12.4. The number of rotatable bonds is 6. The van der Waals surface area contributed by atoms with Crippen molar-refractivity contribution >= 4 is 28.4 Å². The van der Waals surface area contributed by atoms with E-state index >= 15 is 0 Å². The lowest BCUT2D eigenvalue weighted by Gasteiger charge is -2.20. The van der Waals surface area contributed by atoms with Crippen LogP contribution < -0.4 is 10.3 Å². The minimum atomic E-state index is -0.259. The third-order valence-electron chi connectivity index (χ3n) is 3.90. The number of benzene rings is 2. The average molecular weight is 372 g/mol. The minimum absolute atomic E-state index is 0.0819. The number of aromatic amines is 1. The Morgan fingerprint density at radius 1 is 1.23 bits per heavy atom. The Morgan fingerprint density at radius 3 is 2.73 bits per heavy atom. The molecule has 0 unspecified atom stereocenters. The number of nitrogens with one attached hydrogen (secondary N) is 1. The Hall–Kier alpha value is -2.86. The molecule has 6 nitrogen and oxygen atoms in total. The summed E-state index contributed by atoms with van der Waals surface area (Å²) < 4.78 is 5.50. The summed E-state index contributed by atoms with van der Waals surface area (Å²) in [6.07, 6.45) is 0. The van der Waals surface area contributed by atoms with Crippen LogP contribution in [0.5, 0.6) is 5.75 Å². The van der Waals surface area contributed by atoms with Crippen molar-refractivity contribution in [3.05, 3.63) is 69.7 Å². The van der Waals surface area contributed by atoms with Crippen molar-refractivity contribution in [3.63, 3.8) is 0 Å². The Morgan fingerprint density at radius 2 is 2.00 bits per heavy atom. The molecule has 0 radical (unpaired) electrons. The summed E-state index contributed by atoms with van der Waals surface area (Å²) in [6.45, 7) is 2.43. The Balaban J connectivity index is 1.74. The average Bonchev–Trinajstić information content (AvgIpc) is 2.64. The highest BCUT2D eigenvalue weighted by atomic mass is 35.5. The van der Waals surface area contributed by atoms with Crippen molar-refractivity contribution in [1.82, 2.24) is 14.9 Å². The number of hydrogen-bond donors (Lipinski definition) is 1. The molecule has 0 saturated heterocycles. The molecule has 1 amide bonds. The summed E-state index contributed by atoms with van der Waals surface area (Å²) in [4.78, 5) is 33.3. The molecular weight excluding hydrogens is 354 g/mol. The number of amides is 1. The summed E-state index contributed by atoms with van der Waals surface area (Å²) in [5.41, 5.74) is 0.242. The van der Waals surface area contributed by atoms with Gasteiger partial charge in [0.1, 0.15) is 11.6 Å². The number of halogens is 1. The van der Waals surface area contributed by atoms with E-state index in [2.05, 4.69) is 9.97 Å². The van der Waals surface area contributed by atoms with Crippen LogP contribution in [0.15, 0.2) is 53.3 Å². The zero-order chi connectivity index (χ0) is 18.5. The van der Waals surface area contributed by atoms with Gasteiger partial charge in [0, 0.05) is 11.6 Å². The summed E-state index contributed by atoms with van der Waals surface area (Å²) >= 11 is 5.97. The van der Waals surface area contributed by atoms with Gasteiger partial charge in [-0.3, -0.25) is 9.59 Å². The largest absolute Gasteiger partial charge is 0.484 e. The molecule has 0 aliphatic carbocycles. The zero-order valence-corrected chi connectivity index (χ0v) is 15.0. The molecule has 1 heterocycles. The standard InChI is InChI=1S/C19H18ClN3O3/c1-2-23(18(24)12-26-14-6-4-3-5-7-14)11-17-21-16-10-13(20)8-9-15(16)19(25)22-17/h3-10H,2,11-12H2,1H3,(H,21,22,25). The quantitative estimate of drug-likeness (QED) is 0.722. The second-order valence-electron chi connectivity index (χ2n) is 5.68. The van der Waals surface area contributed by atoms with Crippen LogP contribution in [0.4, 0.5) is 0 Å². The number of H-pyrrole nitrogens is 1. The first-order valence-corrected chi connectivity index (χ1v) is 8.58. The lowest BCUT2D eigenvalue weighted by molar-refractivity contribution is -0.133. The highest BCUT2D eigenvalue weighted by Crippen LogP contribution is 2.15. The van der Waals surface area contributed by atoms with Crippen molar-refractivity contribution in [2.75, 3.05) is 13.2 Å². The zero-order valence-electron chi connectivity index (χ0n) is 14.2. The van der Waals surface area contributed by atoms with E-state index in [1.54, 1.807) is 35.2 Å². The molecule has 0 saturated carbocycles. The van der Waals surface area contributed by atoms with Gasteiger partial charge in [-0.2, -0.15) is 0 Å². The van der Waals surface area contributed by atoms with Gasteiger partial charge < -0.3 is 14.6 Å². The van der Waals surface area contributed by atoms with Crippen molar-refractivity contribution in [1.29, 1.82) is 0 Å². The van der Waals surface area contributed by atoms with Crippen LogP contribution in [-0.2, 0) is 11.3 Å². The van der Waals surface area contributed by atoms with Crippen LogP contribution in [0.1, 0.15) is 12.7 Å². The van der Waals surface area contributed by atoms with Gasteiger partial charge in [0.2, 0.25) is 0 Å². The SMILES string of the molecule is CCN(Cc1nc2cc(Cl)ccc2c(=O)[nH]1)C(=O)COc1ccccc1. The van der Waals surface area contributed by atoms with E-state index in [9.17, 15) is 9.59 Å². The molecule has 1 N–H and O–H groups in total. The smallest absolute Gasteiger partial charge is 0.260 e. The molecular formula is C19H18ClN3O3. The number of para-hydroxylation sites is 1. The molecule has 0 aliphatic rings. The molecule has 0 aliphatic heterocycles. The van der Waals surface area contributed by atoms with E-state index in [4.69, 9.17) is 16.3 Å². The summed E-state index contributed by atoms with van der Waals surface area (Å²) in [5, 5.41) is 0.959. The van der Waals surface area contributed by atoms with Crippen molar-refractivity contribution in [2.45, 2.75) is 13.5 Å². The first kappa shape index (κ1) is 17.9. The van der Waals surface area contributed by atoms with Gasteiger partial charge in [-0.25, -0.2) is 4.98 Å². The molecule has 0 fully saturated rings. The number of fused-ring (bicyclic) bond motifs is 1. The molecule has 7 heteroatoms. The van der Waals surface area contributed by atoms with Gasteiger partial charge in [0.05, 0.1) is 17.4 Å². The lowest BCUT2D eigenvalue weighted by atomic mass is 10.2. The van der Waals surface area contributed by atoms with Gasteiger partial charge >= 0.3 is 0 Å². The highest BCUT2D eigenvalue weighted by Gasteiger charge is 2.15. The van der Waals surface area contributed by atoms with E-state index in [0.29, 0.717) is 34.0 Å². The van der Waals surface area contributed by atoms with Crippen LogP contribution in [0.3, 0.4) is 0 Å². The van der Waals surface area contributed by atoms with Gasteiger partial charge in [-0.05, 0) is 37.3 Å². The number of nitrogens with zero attached hydrogens (tertiary/aromatic N) is 2. The van der Waals surface area contributed by atoms with Crippen molar-refractivity contribution in [2.24, 2.45) is 0 Å². The molecule has 1 aromatic heterocycles. The van der Waals surface area contributed by atoms with Gasteiger partial charge in [0.25, 0.3) is 11.5 Å². The predicted octanol–water partition coefficient (Wildman–Crippen LogP) is 3.00. The molecule has 0 bridgehead atoms. The summed E-state index contributed by atoms with van der Waals surface area (Å²) in [5.74, 6) is 0.841. The third-order valence-corrected chi connectivity index (χ3v) is 4.13. The topological polar surface area (TPSA) is 75.3 Å². The fraction of sp³-hybridized carbons (Fsp3) is 0.211. The molecule has 3 rings (SSSR count). The second kappa shape index (κ2) is 8.01. The van der Waals surface area contributed by atoms with E-state index in [1.165, 1.54) is 0 Å². The first-order chi connectivity index (χ1) is 12.6. The van der Waals surface area contributed by atoms with Crippen LogP contribution in [-0.4, -0.2) is 33.9 Å². The normalized spacial score (nSPS) is 10.7.